The van der Waals surface area contributed by atoms with Gasteiger partial charge in [-0.2, -0.15) is 0 Å². The predicted molar refractivity (Wildman–Crippen MR) is 112 cm³/mol. The fourth-order valence-corrected chi connectivity index (χ4v) is 2.52. The van der Waals surface area contributed by atoms with Gasteiger partial charge in [0.05, 0.1) is 13.2 Å². The van der Waals surface area contributed by atoms with Crippen molar-refractivity contribution in [2.24, 2.45) is 10.8 Å². The summed E-state index contributed by atoms with van der Waals surface area (Å²) in [4.78, 5) is 0. The van der Waals surface area contributed by atoms with Crippen LogP contribution < -0.4 is 0 Å². The highest BCUT2D eigenvalue weighted by Crippen LogP contribution is 2.29. The fraction of sp³-hybridized carbons (Fsp3) is 0.636. The van der Waals surface area contributed by atoms with Crippen LogP contribution in [0, 0.1) is 34.5 Å². The fourth-order valence-electron chi connectivity index (χ4n) is 1.90. The molecule has 0 aromatic rings. The molecule has 0 fully saturated rings. The molecular formula is C22H35O3P. The van der Waals surface area contributed by atoms with Gasteiger partial charge in [-0.1, -0.05) is 24.0 Å². The number of allylic oxidation sites excluding steroid dienone is 2. The van der Waals surface area contributed by atoms with Gasteiger partial charge in [-0.15, -0.1) is 25.0 Å². The summed E-state index contributed by atoms with van der Waals surface area (Å²) in [6, 6.07) is 0. The molecule has 3 nitrogen and oxygen atoms in total. The second kappa shape index (κ2) is 13.9. The van der Waals surface area contributed by atoms with Crippen LogP contribution in [0.5, 0.6) is 0 Å². The van der Waals surface area contributed by atoms with Crippen LogP contribution in [0.15, 0.2) is 25.3 Å². The minimum absolute atomic E-state index is 0.160. The standard InChI is InChI=1S/C22H35O3P/c1-7-9-11-13-15-21(3,4)17-19-24-26(23)25-20-18-22(5,6)16-14-12-10-8-2/h7-8,26H,1-2,9-12,17-20H2,3-6H3. The molecule has 0 aliphatic rings. The molecule has 0 aliphatic heterocycles. The van der Waals surface area contributed by atoms with Crippen molar-refractivity contribution in [3.63, 3.8) is 0 Å². The van der Waals surface area contributed by atoms with Crippen molar-refractivity contribution >= 4 is 8.25 Å². The Morgan fingerprint density at radius 3 is 1.58 bits per heavy atom. The van der Waals surface area contributed by atoms with Gasteiger partial charge in [0.15, 0.2) is 0 Å². The van der Waals surface area contributed by atoms with E-state index in [2.05, 4.69) is 64.5 Å². The quantitative estimate of drug-likeness (QED) is 0.176. The van der Waals surface area contributed by atoms with Gasteiger partial charge in [-0.3, -0.25) is 4.57 Å². The summed E-state index contributed by atoms with van der Waals surface area (Å²) in [7, 11) is -2.46. The molecule has 0 aromatic heterocycles. The van der Waals surface area contributed by atoms with Crippen LogP contribution in [0.4, 0.5) is 0 Å². The molecule has 0 bridgehead atoms. The van der Waals surface area contributed by atoms with Crippen LogP contribution in [0.2, 0.25) is 0 Å². The summed E-state index contributed by atoms with van der Waals surface area (Å²) in [5, 5.41) is 0. The molecular weight excluding hydrogens is 343 g/mol. The van der Waals surface area contributed by atoms with Gasteiger partial charge in [0.25, 0.3) is 0 Å². The zero-order valence-corrected chi connectivity index (χ0v) is 18.0. The molecule has 146 valence electrons. The first-order chi connectivity index (χ1) is 12.2. The minimum atomic E-state index is -2.46. The normalized spacial score (nSPS) is 11.3. The van der Waals surface area contributed by atoms with Crippen LogP contribution in [0.3, 0.4) is 0 Å². The molecule has 0 atom stereocenters. The Morgan fingerprint density at radius 2 is 1.23 bits per heavy atom. The highest BCUT2D eigenvalue weighted by molar-refractivity contribution is 7.33. The van der Waals surface area contributed by atoms with Gasteiger partial charge in [-0.05, 0) is 53.4 Å². The maximum Gasteiger partial charge on any atom is 0.319 e. The third-order valence-electron chi connectivity index (χ3n) is 3.69. The minimum Gasteiger partial charge on any atom is -0.311 e. The maximum absolute atomic E-state index is 11.9. The number of unbranched alkanes of at least 4 members (excludes halogenated alkanes) is 2. The first-order valence-corrected chi connectivity index (χ1v) is 10.5. The molecule has 0 unspecified atom stereocenters. The zero-order chi connectivity index (χ0) is 19.9. The third kappa shape index (κ3) is 15.0. The van der Waals surface area contributed by atoms with E-state index in [4.69, 9.17) is 9.05 Å². The Labute approximate surface area is 161 Å². The van der Waals surface area contributed by atoms with Gasteiger partial charge in [0.2, 0.25) is 0 Å². The number of rotatable bonds is 12. The molecule has 0 N–H and O–H groups in total. The molecule has 0 aromatic carbocycles. The molecule has 0 aliphatic carbocycles. The predicted octanol–water partition coefficient (Wildman–Crippen LogP) is 6.18. The lowest BCUT2D eigenvalue weighted by Gasteiger charge is -2.18. The van der Waals surface area contributed by atoms with E-state index in [0.717, 1.165) is 25.7 Å². The van der Waals surface area contributed by atoms with E-state index in [1.54, 1.807) is 0 Å². The van der Waals surface area contributed by atoms with E-state index in [1.165, 1.54) is 0 Å². The average molecular weight is 378 g/mol. The topological polar surface area (TPSA) is 35.5 Å². The van der Waals surface area contributed by atoms with Crippen molar-refractivity contribution in [2.45, 2.75) is 66.2 Å². The lowest BCUT2D eigenvalue weighted by Crippen LogP contribution is -2.12. The van der Waals surface area contributed by atoms with Crippen LogP contribution in [0.1, 0.15) is 66.2 Å². The molecule has 0 heterocycles. The van der Waals surface area contributed by atoms with Crippen molar-refractivity contribution in [2.75, 3.05) is 13.2 Å². The Balaban J connectivity index is 4.04. The molecule has 26 heavy (non-hydrogen) atoms. The number of hydrogen-bond acceptors (Lipinski definition) is 3. The number of hydrogen-bond donors (Lipinski definition) is 0. The van der Waals surface area contributed by atoms with Gasteiger partial charge in [0.1, 0.15) is 0 Å². The Hall–Kier alpha value is -1.25. The van der Waals surface area contributed by atoms with E-state index in [9.17, 15) is 4.57 Å². The van der Waals surface area contributed by atoms with Crippen molar-refractivity contribution < 1.29 is 13.6 Å². The molecule has 0 saturated heterocycles. The summed E-state index contributed by atoms with van der Waals surface area (Å²) in [5.41, 5.74) is -0.321. The van der Waals surface area contributed by atoms with Crippen molar-refractivity contribution in [1.82, 2.24) is 0 Å². The Bertz CT molecular complexity index is 518. The highest BCUT2D eigenvalue weighted by atomic mass is 31.1. The molecule has 0 amide bonds. The summed E-state index contributed by atoms with van der Waals surface area (Å²) >= 11 is 0. The molecule has 0 rings (SSSR count). The largest absolute Gasteiger partial charge is 0.319 e. The average Bonchev–Trinajstić information content (AvgIpc) is 2.55. The summed E-state index contributed by atoms with van der Waals surface area (Å²) in [6.45, 7) is 16.4. The van der Waals surface area contributed by atoms with Crippen LogP contribution in [-0.4, -0.2) is 13.2 Å². The van der Waals surface area contributed by atoms with E-state index >= 15 is 0 Å². The third-order valence-corrected chi connectivity index (χ3v) is 4.57. The molecule has 0 saturated carbocycles. The van der Waals surface area contributed by atoms with Crippen molar-refractivity contribution in [3.05, 3.63) is 25.3 Å². The van der Waals surface area contributed by atoms with E-state index < -0.39 is 8.25 Å². The van der Waals surface area contributed by atoms with Crippen LogP contribution in [-0.2, 0) is 13.6 Å². The van der Waals surface area contributed by atoms with Crippen molar-refractivity contribution in [3.8, 4) is 23.7 Å². The summed E-state index contributed by atoms with van der Waals surface area (Å²) < 4.78 is 22.5. The van der Waals surface area contributed by atoms with E-state index in [-0.39, 0.29) is 10.8 Å². The lowest BCUT2D eigenvalue weighted by atomic mass is 9.90. The first kappa shape index (κ1) is 24.8. The van der Waals surface area contributed by atoms with Crippen LogP contribution >= 0.6 is 8.25 Å². The SMILES string of the molecule is C=CCCC#CC(C)(C)CCO[PH](=O)OCCC(C)(C)C#CCCC=C. The van der Waals surface area contributed by atoms with E-state index in [1.807, 2.05) is 12.2 Å². The zero-order valence-electron chi connectivity index (χ0n) is 17.0. The van der Waals surface area contributed by atoms with Gasteiger partial charge in [0, 0.05) is 23.7 Å². The second-order valence-electron chi connectivity index (χ2n) is 7.47. The first-order valence-electron chi connectivity index (χ1n) is 9.24. The molecule has 0 radical (unpaired) electrons. The molecule has 4 heteroatoms. The Morgan fingerprint density at radius 1 is 0.846 bits per heavy atom. The van der Waals surface area contributed by atoms with Crippen LogP contribution in [0.25, 0.3) is 0 Å². The monoisotopic (exact) mass is 378 g/mol. The van der Waals surface area contributed by atoms with Crippen molar-refractivity contribution in [1.29, 1.82) is 0 Å². The summed E-state index contributed by atoms with van der Waals surface area (Å²) in [5.74, 6) is 12.7. The molecule has 0 spiro atoms. The van der Waals surface area contributed by atoms with Gasteiger partial charge >= 0.3 is 8.25 Å². The second-order valence-corrected chi connectivity index (χ2v) is 8.55. The lowest BCUT2D eigenvalue weighted by molar-refractivity contribution is 0.195. The summed E-state index contributed by atoms with van der Waals surface area (Å²) in [6.07, 6.45) is 8.60. The van der Waals surface area contributed by atoms with Gasteiger partial charge in [-0.25, -0.2) is 0 Å². The van der Waals surface area contributed by atoms with Gasteiger partial charge < -0.3 is 9.05 Å². The Kier molecular flexibility index (Phi) is 13.2. The smallest absolute Gasteiger partial charge is 0.311 e. The van der Waals surface area contributed by atoms with E-state index in [0.29, 0.717) is 26.1 Å². The maximum atomic E-state index is 11.9. The highest BCUT2D eigenvalue weighted by Gasteiger charge is 2.16.